The Bertz CT molecular complexity index is 1720. The van der Waals surface area contributed by atoms with Gasteiger partial charge in [-0.3, -0.25) is 9.59 Å². The van der Waals surface area contributed by atoms with Crippen LogP contribution in [0, 0.1) is 29.6 Å². The van der Waals surface area contributed by atoms with E-state index in [0.29, 0.717) is 57.8 Å². The molecule has 4 saturated heterocycles. The molecule has 0 spiro atoms. The molecule has 0 saturated carbocycles. The van der Waals surface area contributed by atoms with Gasteiger partial charge in [0.15, 0.2) is 11.6 Å². The molecule has 0 radical (unpaired) electrons. The molecular formula is C51H83NO12. The van der Waals surface area contributed by atoms with E-state index in [-0.39, 0.29) is 61.1 Å². The highest BCUT2D eigenvalue weighted by Gasteiger charge is 2.54. The first-order chi connectivity index (χ1) is 29.8. The van der Waals surface area contributed by atoms with Crippen LogP contribution in [0.25, 0.3) is 0 Å². The number of Topliss-reactive ketones (excluding diaryl/α,β-unsaturated/α-hetero) is 1. The molecule has 3 N–H and O–H groups in total. The Hall–Kier alpha value is -2.49. The third kappa shape index (κ3) is 12.9. The molecule has 364 valence electrons. The molecule has 5 aliphatic rings. The van der Waals surface area contributed by atoms with Gasteiger partial charge in [-0.25, -0.2) is 4.79 Å². The summed E-state index contributed by atoms with van der Waals surface area (Å²) in [5.74, 6) is -7.88. The lowest BCUT2D eigenvalue weighted by Crippen LogP contribution is -2.61. The zero-order valence-corrected chi connectivity index (χ0v) is 41.3. The van der Waals surface area contributed by atoms with Gasteiger partial charge in [-0.2, -0.15) is 0 Å². The number of fused-ring (bicyclic) bond motifs is 7. The number of ether oxygens (including phenoxy) is 6. The first-order valence-corrected chi connectivity index (χ1v) is 24.4. The number of aliphatic hydroxyl groups excluding tert-OH is 2. The van der Waals surface area contributed by atoms with E-state index in [1.807, 2.05) is 60.6 Å². The minimum atomic E-state index is -2.41. The molecule has 6 bridgehead atoms. The predicted molar refractivity (Wildman–Crippen MR) is 243 cm³/mol. The van der Waals surface area contributed by atoms with Gasteiger partial charge in [0.2, 0.25) is 5.79 Å². The van der Waals surface area contributed by atoms with Crippen LogP contribution in [0.5, 0.6) is 0 Å². The summed E-state index contributed by atoms with van der Waals surface area (Å²) in [5, 5.41) is 34.3. The van der Waals surface area contributed by atoms with Crippen molar-refractivity contribution in [2.45, 2.75) is 233 Å². The normalized spacial score (nSPS) is 39.9. The molecule has 1 amide bonds. The minimum Gasteiger partial charge on any atom is -0.456 e. The fourth-order valence-electron chi connectivity index (χ4n) is 10.6. The molecule has 15 unspecified atom stereocenters. The Morgan fingerprint density at radius 2 is 1.52 bits per heavy atom. The van der Waals surface area contributed by atoms with Crippen molar-refractivity contribution in [3.63, 3.8) is 0 Å². The fourth-order valence-corrected chi connectivity index (χ4v) is 10.6. The van der Waals surface area contributed by atoms with Crippen molar-refractivity contribution >= 4 is 17.7 Å². The van der Waals surface area contributed by atoms with Crippen LogP contribution in [0.4, 0.5) is 0 Å². The lowest BCUT2D eigenvalue weighted by Gasteiger charge is -2.49. The smallest absolute Gasteiger partial charge is 0.329 e. The van der Waals surface area contributed by atoms with E-state index in [4.69, 9.17) is 28.4 Å². The quantitative estimate of drug-likeness (QED) is 0.142. The second-order valence-corrected chi connectivity index (χ2v) is 21.1. The first kappa shape index (κ1) is 52.5. The van der Waals surface area contributed by atoms with Gasteiger partial charge in [0.25, 0.3) is 11.7 Å². The van der Waals surface area contributed by atoms with Crippen LogP contribution < -0.4 is 0 Å². The second-order valence-electron chi connectivity index (χ2n) is 21.1. The third-order valence-corrected chi connectivity index (χ3v) is 14.7. The summed E-state index contributed by atoms with van der Waals surface area (Å²) in [6.45, 7) is 25.4. The number of nitrogens with zero attached hydrogens (tertiary/aromatic N) is 1. The number of carbonyl (C=O) groups is 3. The van der Waals surface area contributed by atoms with Crippen LogP contribution >= 0.6 is 0 Å². The molecule has 5 heterocycles. The van der Waals surface area contributed by atoms with Crippen molar-refractivity contribution in [3.05, 3.63) is 34.9 Å². The number of carbonyl (C=O) groups excluding carboxylic acids is 3. The number of ketones is 1. The molecule has 0 aromatic heterocycles. The van der Waals surface area contributed by atoms with Gasteiger partial charge in [0.05, 0.1) is 42.7 Å². The highest BCUT2D eigenvalue weighted by atomic mass is 16.7. The number of rotatable bonds is 4. The van der Waals surface area contributed by atoms with Crippen LogP contribution in [-0.2, 0) is 42.8 Å². The molecular weight excluding hydrogens is 819 g/mol. The molecule has 5 rings (SSSR count). The van der Waals surface area contributed by atoms with Crippen molar-refractivity contribution < 1.29 is 58.1 Å². The van der Waals surface area contributed by atoms with E-state index in [9.17, 15) is 29.7 Å². The number of piperidine rings is 1. The molecule has 0 aliphatic carbocycles. The van der Waals surface area contributed by atoms with Crippen LogP contribution in [0.3, 0.4) is 0 Å². The van der Waals surface area contributed by atoms with E-state index >= 15 is 0 Å². The maximum absolute atomic E-state index is 14.3. The summed E-state index contributed by atoms with van der Waals surface area (Å²) in [7, 11) is 0. The fraction of sp³-hybridized carbons (Fsp3) is 0.824. The molecule has 15 atom stereocenters. The number of allylic oxidation sites excluding steroid dienone is 1. The van der Waals surface area contributed by atoms with E-state index < -0.39 is 71.4 Å². The van der Waals surface area contributed by atoms with Crippen LogP contribution in [0.2, 0.25) is 0 Å². The van der Waals surface area contributed by atoms with Crippen molar-refractivity contribution in [1.82, 2.24) is 4.90 Å². The highest BCUT2D eigenvalue weighted by Crippen LogP contribution is 2.42. The van der Waals surface area contributed by atoms with Crippen molar-refractivity contribution in [2.75, 3.05) is 6.54 Å². The Kier molecular flexibility index (Phi) is 17.7. The number of aliphatic hydroxyl groups is 3. The third-order valence-electron chi connectivity index (χ3n) is 14.7. The van der Waals surface area contributed by atoms with Gasteiger partial charge in [0.1, 0.15) is 12.1 Å². The zero-order chi connectivity index (χ0) is 47.5. The van der Waals surface area contributed by atoms with Crippen LogP contribution in [-0.4, -0.2) is 117 Å². The van der Waals surface area contributed by atoms with Crippen molar-refractivity contribution in [2.24, 2.45) is 29.6 Å². The second kappa shape index (κ2) is 21.6. The van der Waals surface area contributed by atoms with Gasteiger partial charge >= 0.3 is 5.97 Å². The Morgan fingerprint density at radius 1 is 0.875 bits per heavy atom. The summed E-state index contributed by atoms with van der Waals surface area (Å²) in [6, 6.07) is -1.05. The SMILES string of the molecule is CCC1=CCC(C(C)=CC(C)C(C)O)OC(=O)C2CCCCN2C(=O)C(=O)C2(O)OC(CCC2C)CC2OC(C)(C)OC(CC3CC(OC(C)(C)O3)C(C)=CC(C)CC(C)C1O)C2C. The summed E-state index contributed by atoms with van der Waals surface area (Å²) in [4.78, 5) is 44.2. The van der Waals surface area contributed by atoms with Gasteiger partial charge in [-0.15, -0.1) is 0 Å². The first-order valence-electron chi connectivity index (χ1n) is 24.4. The Balaban J connectivity index is 1.52. The molecule has 13 nitrogen and oxygen atoms in total. The maximum atomic E-state index is 14.3. The average Bonchev–Trinajstić information content (AvgIpc) is 3.21. The Morgan fingerprint density at radius 3 is 2.16 bits per heavy atom. The summed E-state index contributed by atoms with van der Waals surface area (Å²) in [5.41, 5.74) is 2.66. The Labute approximate surface area is 383 Å². The largest absolute Gasteiger partial charge is 0.456 e. The molecule has 0 aromatic carbocycles. The highest BCUT2D eigenvalue weighted by molar-refractivity contribution is 6.39. The van der Waals surface area contributed by atoms with Gasteiger partial charge < -0.3 is 48.6 Å². The topological polar surface area (TPSA) is 171 Å². The van der Waals surface area contributed by atoms with E-state index in [0.717, 1.165) is 23.1 Å². The minimum absolute atomic E-state index is 0.0932. The van der Waals surface area contributed by atoms with Crippen molar-refractivity contribution in [3.8, 4) is 0 Å². The lowest BCUT2D eigenvalue weighted by atomic mass is 9.82. The van der Waals surface area contributed by atoms with Crippen molar-refractivity contribution in [1.29, 1.82) is 0 Å². The summed E-state index contributed by atoms with van der Waals surface area (Å²) < 4.78 is 38.8. The van der Waals surface area contributed by atoms with Gasteiger partial charge in [-0.05, 0) is 122 Å². The molecule has 13 heteroatoms. The molecule has 64 heavy (non-hydrogen) atoms. The molecule has 4 fully saturated rings. The maximum Gasteiger partial charge on any atom is 0.329 e. The monoisotopic (exact) mass is 902 g/mol. The average molecular weight is 902 g/mol. The van der Waals surface area contributed by atoms with E-state index in [2.05, 4.69) is 33.8 Å². The number of esters is 1. The van der Waals surface area contributed by atoms with E-state index in [1.165, 1.54) is 4.90 Å². The zero-order valence-electron chi connectivity index (χ0n) is 41.3. The van der Waals surface area contributed by atoms with Gasteiger partial charge in [-0.1, -0.05) is 59.8 Å². The predicted octanol–water partition coefficient (Wildman–Crippen LogP) is 7.87. The van der Waals surface area contributed by atoms with Gasteiger partial charge in [0, 0.05) is 50.0 Å². The number of amides is 1. The molecule has 0 aromatic rings. The lowest BCUT2D eigenvalue weighted by molar-refractivity contribution is -0.341. The van der Waals surface area contributed by atoms with Crippen LogP contribution in [0.15, 0.2) is 34.9 Å². The van der Waals surface area contributed by atoms with Crippen LogP contribution in [0.1, 0.15) is 161 Å². The summed E-state index contributed by atoms with van der Waals surface area (Å²) >= 11 is 0. The van der Waals surface area contributed by atoms with E-state index in [1.54, 1.807) is 13.8 Å². The number of cyclic esters (lactones) is 1. The summed E-state index contributed by atoms with van der Waals surface area (Å²) in [6.07, 6.45) is 8.05. The number of hydrogen-bond donors (Lipinski definition) is 3. The molecule has 5 aliphatic heterocycles. The number of hydrogen-bond acceptors (Lipinski definition) is 12. The standard InChI is InChI=1S/C51H83NO12/c1-14-37-19-21-41(32(5)25-30(3)36(9)53)59-48(57)40-17-15-16-22-52(40)47(56)46(55)51(58)34(7)18-20-38(61-51)26-43-35(8)44(64-50(12,13)63-43)28-39-27-42(62-49(10,11)60-39)31(4)23-29(2)24-33(6)45(37)54/h19,23,25,29-30,33-36,38-45,53-54,58H,14-18,20-22,24,26-28H2,1-13H3.